The van der Waals surface area contributed by atoms with Crippen LogP contribution in [0, 0.1) is 6.92 Å². The number of amides is 1. The fraction of sp³-hybridized carbons (Fsp3) is 0.238. The Hall–Kier alpha value is -3.26. The molecule has 2 aromatic carbocycles. The first-order chi connectivity index (χ1) is 14.0. The van der Waals surface area contributed by atoms with Crippen LogP contribution in [0.25, 0.3) is 21.3 Å². The van der Waals surface area contributed by atoms with Crippen molar-refractivity contribution < 1.29 is 9.53 Å². The largest absolute Gasteiger partial charge is 0.494 e. The van der Waals surface area contributed by atoms with Crippen molar-refractivity contribution >= 4 is 43.6 Å². The molecule has 0 saturated heterocycles. The first kappa shape index (κ1) is 19.1. The Morgan fingerprint density at radius 1 is 1.14 bits per heavy atom. The fourth-order valence-corrected chi connectivity index (χ4v) is 4.10. The van der Waals surface area contributed by atoms with Gasteiger partial charge in [-0.2, -0.15) is 0 Å². The quantitative estimate of drug-likeness (QED) is 0.540. The summed E-state index contributed by atoms with van der Waals surface area (Å²) >= 11 is 1.39. The number of carbonyl (C=O) groups excluding carboxylic acids is 1. The van der Waals surface area contributed by atoms with Gasteiger partial charge in [0, 0.05) is 12.1 Å². The molecule has 1 amide bonds. The number of aryl methyl sites for hydroxylation is 2. The van der Waals surface area contributed by atoms with Crippen molar-refractivity contribution in [3.8, 4) is 5.75 Å². The monoisotopic (exact) mass is 408 g/mol. The molecule has 0 radical (unpaired) electrons. The summed E-state index contributed by atoms with van der Waals surface area (Å²) in [6.45, 7) is 6.65. The lowest BCUT2D eigenvalue weighted by Crippen LogP contribution is -2.23. The summed E-state index contributed by atoms with van der Waals surface area (Å²) in [7, 11) is 0. The van der Waals surface area contributed by atoms with Crippen molar-refractivity contribution in [1.29, 1.82) is 0 Å². The van der Waals surface area contributed by atoms with Crippen LogP contribution in [-0.2, 0) is 6.54 Å². The second kappa shape index (κ2) is 7.63. The van der Waals surface area contributed by atoms with E-state index in [1.165, 1.54) is 11.3 Å². The zero-order valence-electron chi connectivity index (χ0n) is 16.4. The van der Waals surface area contributed by atoms with E-state index in [-0.39, 0.29) is 11.5 Å². The molecule has 1 N–H and O–H groups in total. The first-order valence-corrected chi connectivity index (χ1v) is 10.2. The topological polar surface area (TPSA) is 86.1 Å². The maximum atomic E-state index is 12.7. The van der Waals surface area contributed by atoms with Gasteiger partial charge in [0.05, 0.1) is 27.9 Å². The van der Waals surface area contributed by atoms with Gasteiger partial charge in [0.1, 0.15) is 11.4 Å². The number of fused-ring (bicyclic) bond motifs is 2. The van der Waals surface area contributed by atoms with Crippen molar-refractivity contribution in [1.82, 2.24) is 14.5 Å². The number of nitrogens with zero attached hydrogens (tertiary/aromatic N) is 3. The van der Waals surface area contributed by atoms with Crippen molar-refractivity contribution in [3.05, 3.63) is 58.0 Å². The van der Waals surface area contributed by atoms with Gasteiger partial charge in [-0.15, -0.1) is 0 Å². The van der Waals surface area contributed by atoms with E-state index in [4.69, 9.17) is 4.74 Å². The molecule has 8 heteroatoms. The van der Waals surface area contributed by atoms with Gasteiger partial charge in [-0.25, -0.2) is 9.97 Å². The second-order valence-corrected chi connectivity index (χ2v) is 7.52. The Morgan fingerprint density at radius 3 is 2.72 bits per heavy atom. The van der Waals surface area contributed by atoms with E-state index in [1.54, 1.807) is 29.7 Å². The molecule has 4 aromatic rings. The molecule has 2 aromatic heterocycles. The minimum Gasteiger partial charge on any atom is -0.494 e. The van der Waals surface area contributed by atoms with Crippen molar-refractivity contribution in [3.63, 3.8) is 0 Å². The first-order valence-electron chi connectivity index (χ1n) is 9.36. The second-order valence-electron chi connectivity index (χ2n) is 6.49. The molecule has 7 nitrogen and oxygen atoms in total. The van der Waals surface area contributed by atoms with Crippen LogP contribution in [0.5, 0.6) is 5.75 Å². The van der Waals surface area contributed by atoms with Crippen molar-refractivity contribution in [2.24, 2.45) is 0 Å². The zero-order valence-corrected chi connectivity index (χ0v) is 17.2. The molecule has 0 aliphatic carbocycles. The summed E-state index contributed by atoms with van der Waals surface area (Å²) in [6, 6.07) is 10.8. The van der Waals surface area contributed by atoms with E-state index in [0.29, 0.717) is 40.6 Å². The molecule has 0 aliphatic heterocycles. The van der Waals surface area contributed by atoms with Gasteiger partial charge in [-0.3, -0.25) is 14.9 Å². The normalized spacial score (nSPS) is 11.1. The molecule has 4 rings (SSSR count). The highest BCUT2D eigenvalue weighted by molar-refractivity contribution is 7.22. The van der Waals surface area contributed by atoms with Crippen LogP contribution in [0.3, 0.4) is 0 Å². The molecule has 0 fully saturated rings. The summed E-state index contributed by atoms with van der Waals surface area (Å²) < 4.78 is 8.11. The Labute approximate surface area is 171 Å². The molecular weight excluding hydrogens is 388 g/mol. The number of benzene rings is 2. The van der Waals surface area contributed by atoms with E-state index in [1.807, 2.05) is 32.0 Å². The number of ether oxygens (including phenoxy) is 1. The smallest absolute Gasteiger partial charge is 0.272 e. The van der Waals surface area contributed by atoms with Gasteiger partial charge in [-0.1, -0.05) is 11.3 Å². The number of anilines is 1. The van der Waals surface area contributed by atoms with E-state index >= 15 is 0 Å². The molecule has 0 aliphatic rings. The summed E-state index contributed by atoms with van der Waals surface area (Å²) in [6.07, 6.45) is 0. The number of nitrogens with one attached hydrogen (secondary N) is 1. The standard InChI is InChI=1S/C21H20N4O3S/c1-4-25-17-9-6-13(10-16(17)22-12(3)20(25)27)19(26)24-21-23-15-8-7-14(28-5-2)11-18(15)29-21/h6-11H,4-5H2,1-3H3,(H,23,24,26). The molecule has 0 saturated carbocycles. The summed E-state index contributed by atoms with van der Waals surface area (Å²) in [5, 5.41) is 3.36. The number of thiazole rings is 1. The van der Waals surface area contributed by atoms with Gasteiger partial charge < -0.3 is 9.30 Å². The maximum absolute atomic E-state index is 12.7. The predicted molar refractivity (Wildman–Crippen MR) is 115 cm³/mol. The van der Waals surface area contributed by atoms with Crippen LogP contribution in [0.1, 0.15) is 29.9 Å². The van der Waals surface area contributed by atoms with Crippen LogP contribution in [0.4, 0.5) is 5.13 Å². The predicted octanol–water partition coefficient (Wildman–Crippen LogP) is 3.99. The lowest BCUT2D eigenvalue weighted by atomic mass is 10.1. The molecular formula is C21H20N4O3S. The molecule has 148 valence electrons. The Balaban J connectivity index is 1.64. The highest BCUT2D eigenvalue weighted by Crippen LogP contribution is 2.29. The summed E-state index contributed by atoms with van der Waals surface area (Å²) in [5.74, 6) is 0.504. The van der Waals surface area contributed by atoms with Gasteiger partial charge >= 0.3 is 0 Å². The average molecular weight is 408 g/mol. The van der Waals surface area contributed by atoms with Crippen LogP contribution in [0.15, 0.2) is 41.2 Å². The number of hydrogen-bond acceptors (Lipinski definition) is 6. The third-order valence-electron chi connectivity index (χ3n) is 4.58. The number of hydrogen-bond donors (Lipinski definition) is 1. The van der Waals surface area contributed by atoms with Gasteiger partial charge in [0.25, 0.3) is 11.5 Å². The molecule has 2 heterocycles. The zero-order chi connectivity index (χ0) is 20.5. The Bertz CT molecular complexity index is 1290. The average Bonchev–Trinajstić information content (AvgIpc) is 3.10. The number of rotatable bonds is 5. The van der Waals surface area contributed by atoms with Crippen LogP contribution < -0.4 is 15.6 Å². The van der Waals surface area contributed by atoms with Gasteiger partial charge in [0.2, 0.25) is 0 Å². The molecule has 0 atom stereocenters. The lowest BCUT2D eigenvalue weighted by molar-refractivity contribution is 0.102. The van der Waals surface area contributed by atoms with E-state index in [2.05, 4.69) is 15.3 Å². The van der Waals surface area contributed by atoms with Crippen LogP contribution in [-0.4, -0.2) is 27.0 Å². The van der Waals surface area contributed by atoms with Gasteiger partial charge in [0.15, 0.2) is 5.13 Å². The lowest BCUT2D eigenvalue weighted by Gasteiger charge is -2.10. The summed E-state index contributed by atoms with van der Waals surface area (Å²) in [4.78, 5) is 33.8. The fourth-order valence-electron chi connectivity index (χ4n) is 3.21. The third-order valence-corrected chi connectivity index (χ3v) is 5.51. The minimum atomic E-state index is -0.273. The summed E-state index contributed by atoms with van der Waals surface area (Å²) in [5.41, 5.74) is 2.88. The van der Waals surface area contributed by atoms with Crippen molar-refractivity contribution in [2.75, 3.05) is 11.9 Å². The SMILES string of the molecule is CCOc1ccc2nc(NC(=O)c3ccc4c(c3)nc(C)c(=O)n4CC)sc2c1. The van der Waals surface area contributed by atoms with Gasteiger partial charge in [-0.05, 0) is 57.2 Å². The number of aromatic nitrogens is 3. The Kier molecular flexibility index (Phi) is 5.02. The molecule has 0 unspecified atom stereocenters. The van der Waals surface area contributed by atoms with Crippen LogP contribution >= 0.6 is 11.3 Å². The van der Waals surface area contributed by atoms with Crippen molar-refractivity contribution in [2.45, 2.75) is 27.3 Å². The highest BCUT2D eigenvalue weighted by atomic mass is 32.1. The molecule has 0 bridgehead atoms. The third kappa shape index (κ3) is 3.58. The van der Waals surface area contributed by atoms with Crippen LogP contribution in [0.2, 0.25) is 0 Å². The highest BCUT2D eigenvalue weighted by Gasteiger charge is 2.13. The van der Waals surface area contributed by atoms with E-state index < -0.39 is 0 Å². The molecule has 0 spiro atoms. The minimum absolute atomic E-state index is 0.113. The maximum Gasteiger partial charge on any atom is 0.272 e. The van der Waals surface area contributed by atoms with E-state index in [0.717, 1.165) is 16.0 Å². The number of carbonyl (C=O) groups is 1. The van der Waals surface area contributed by atoms with E-state index in [9.17, 15) is 9.59 Å². The Morgan fingerprint density at radius 2 is 1.97 bits per heavy atom. The molecule has 29 heavy (non-hydrogen) atoms.